The summed E-state index contributed by atoms with van der Waals surface area (Å²) in [6.45, 7) is 6.02. The Hall–Kier alpha value is -0.960. The first-order valence-electron chi connectivity index (χ1n) is 7.20. The Kier molecular flexibility index (Phi) is 7.30. The zero-order valence-corrected chi connectivity index (χ0v) is 13.8. The molecule has 1 heterocycles. The molecule has 0 fully saturated rings. The predicted molar refractivity (Wildman–Crippen MR) is 81.5 cm³/mol. The number of aryl methyl sites for hydroxylation is 1. The van der Waals surface area contributed by atoms with Crippen molar-refractivity contribution in [3.05, 3.63) is 12.4 Å². The van der Waals surface area contributed by atoms with Crippen molar-refractivity contribution in [2.24, 2.45) is 0 Å². The topological polar surface area (TPSA) is 87.5 Å². The Morgan fingerprint density at radius 1 is 1.43 bits per heavy atom. The van der Waals surface area contributed by atoms with Gasteiger partial charge in [-0.25, -0.2) is 13.1 Å². The van der Waals surface area contributed by atoms with Crippen LogP contribution in [-0.4, -0.2) is 61.0 Å². The van der Waals surface area contributed by atoms with Crippen molar-refractivity contribution in [2.75, 3.05) is 26.7 Å². The van der Waals surface area contributed by atoms with Crippen LogP contribution >= 0.6 is 0 Å². The quantitative estimate of drug-likeness (QED) is 0.605. The highest BCUT2D eigenvalue weighted by molar-refractivity contribution is 7.89. The van der Waals surface area contributed by atoms with Crippen LogP contribution in [-0.2, 0) is 16.6 Å². The third-order valence-electron chi connectivity index (χ3n) is 3.33. The highest BCUT2D eigenvalue weighted by atomic mass is 32.2. The highest BCUT2D eigenvalue weighted by Gasteiger charge is 2.15. The lowest BCUT2D eigenvalue weighted by molar-refractivity contribution is 0.271. The predicted octanol–water partition coefficient (Wildman–Crippen LogP) is 0.274. The lowest BCUT2D eigenvalue weighted by Crippen LogP contribution is -2.31. The van der Waals surface area contributed by atoms with Gasteiger partial charge < -0.3 is 10.0 Å². The molecule has 122 valence electrons. The zero-order valence-electron chi connectivity index (χ0n) is 13.0. The molecular formula is C13H26N4O3S. The first kappa shape index (κ1) is 18.1. The van der Waals surface area contributed by atoms with Gasteiger partial charge in [0.1, 0.15) is 4.90 Å². The summed E-state index contributed by atoms with van der Waals surface area (Å²) < 4.78 is 28.2. The minimum absolute atomic E-state index is 0.0591. The van der Waals surface area contributed by atoms with E-state index >= 15 is 0 Å². The number of aliphatic hydroxyl groups excluding tert-OH is 1. The molecule has 0 atom stereocenters. The van der Waals surface area contributed by atoms with Crippen LogP contribution in [0.2, 0.25) is 0 Å². The second-order valence-electron chi connectivity index (χ2n) is 5.34. The van der Waals surface area contributed by atoms with Crippen molar-refractivity contribution in [3.63, 3.8) is 0 Å². The maximum absolute atomic E-state index is 12.1. The molecule has 0 aromatic carbocycles. The van der Waals surface area contributed by atoms with Crippen LogP contribution in [0.25, 0.3) is 0 Å². The van der Waals surface area contributed by atoms with Crippen molar-refractivity contribution in [1.82, 2.24) is 19.4 Å². The van der Waals surface area contributed by atoms with E-state index in [0.717, 1.165) is 13.0 Å². The monoisotopic (exact) mass is 318 g/mol. The lowest BCUT2D eigenvalue weighted by atomic mass is 10.3. The van der Waals surface area contributed by atoms with Crippen LogP contribution in [0.1, 0.15) is 26.7 Å². The van der Waals surface area contributed by atoms with Crippen LogP contribution < -0.4 is 4.72 Å². The SMILES string of the molecule is CC(C)N(C)CCCNS(=O)(=O)c1cnn(CCCO)c1. The van der Waals surface area contributed by atoms with Crippen molar-refractivity contribution >= 4 is 10.0 Å². The molecule has 0 aliphatic carbocycles. The van der Waals surface area contributed by atoms with E-state index in [-0.39, 0.29) is 11.5 Å². The third-order valence-corrected chi connectivity index (χ3v) is 4.74. The summed E-state index contributed by atoms with van der Waals surface area (Å²) in [7, 11) is -1.48. The van der Waals surface area contributed by atoms with Crippen LogP contribution in [0.3, 0.4) is 0 Å². The molecule has 0 bridgehead atoms. The minimum atomic E-state index is -3.50. The number of sulfonamides is 1. The fourth-order valence-corrected chi connectivity index (χ4v) is 2.74. The number of rotatable bonds is 10. The summed E-state index contributed by atoms with van der Waals surface area (Å²) in [6, 6.07) is 0.450. The lowest BCUT2D eigenvalue weighted by Gasteiger charge is -2.20. The minimum Gasteiger partial charge on any atom is -0.396 e. The summed E-state index contributed by atoms with van der Waals surface area (Å²) in [6.07, 6.45) is 4.13. The van der Waals surface area contributed by atoms with E-state index < -0.39 is 10.0 Å². The van der Waals surface area contributed by atoms with Crippen molar-refractivity contribution in [2.45, 2.75) is 44.2 Å². The number of aliphatic hydroxyl groups is 1. The number of hydrogen-bond donors (Lipinski definition) is 2. The average molecular weight is 318 g/mol. The Balaban J connectivity index is 2.44. The molecule has 7 nitrogen and oxygen atoms in total. The first-order valence-corrected chi connectivity index (χ1v) is 8.68. The molecule has 0 radical (unpaired) electrons. The van der Waals surface area contributed by atoms with Crippen molar-refractivity contribution in [1.29, 1.82) is 0 Å². The standard InChI is InChI=1S/C13H26N4O3S/c1-12(2)16(3)7-4-6-15-21(19,20)13-10-14-17(11-13)8-5-9-18/h10-12,15,18H,4-9H2,1-3H3. The molecule has 1 rings (SSSR count). The maximum Gasteiger partial charge on any atom is 0.243 e. The number of aromatic nitrogens is 2. The van der Waals surface area contributed by atoms with Gasteiger partial charge in [-0.05, 0) is 40.3 Å². The summed E-state index contributed by atoms with van der Waals surface area (Å²) in [4.78, 5) is 2.33. The smallest absolute Gasteiger partial charge is 0.243 e. The number of nitrogens with one attached hydrogen (secondary N) is 1. The number of hydrogen-bond acceptors (Lipinski definition) is 5. The number of nitrogens with zero attached hydrogens (tertiary/aromatic N) is 3. The summed E-state index contributed by atoms with van der Waals surface area (Å²) in [5.74, 6) is 0. The Morgan fingerprint density at radius 3 is 2.76 bits per heavy atom. The fourth-order valence-electron chi connectivity index (χ4n) is 1.71. The van der Waals surface area contributed by atoms with Gasteiger partial charge in [0.15, 0.2) is 0 Å². The van der Waals surface area contributed by atoms with E-state index in [4.69, 9.17) is 5.11 Å². The van der Waals surface area contributed by atoms with Crippen LogP contribution in [0, 0.1) is 0 Å². The summed E-state index contributed by atoms with van der Waals surface area (Å²) >= 11 is 0. The van der Waals surface area contributed by atoms with Gasteiger partial charge in [0.2, 0.25) is 10.0 Å². The molecular weight excluding hydrogens is 292 g/mol. The van der Waals surface area contributed by atoms with Gasteiger partial charge in [0, 0.05) is 31.9 Å². The first-order chi connectivity index (χ1) is 9.86. The average Bonchev–Trinajstić information content (AvgIpc) is 2.90. The normalized spacial score (nSPS) is 12.5. The molecule has 1 aromatic heterocycles. The fraction of sp³-hybridized carbons (Fsp3) is 0.769. The van der Waals surface area contributed by atoms with E-state index in [1.54, 1.807) is 0 Å². The second kappa shape index (κ2) is 8.47. The van der Waals surface area contributed by atoms with E-state index in [2.05, 4.69) is 28.6 Å². The second-order valence-corrected chi connectivity index (χ2v) is 7.11. The van der Waals surface area contributed by atoms with Gasteiger partial charge in [-0.2, -0.15) is 5.10 Å². The molecule has 21 heavy (non-hydrogen) atoms. The molecule has 0 saturated heterocycles. The maximum atomic E-state index is 12.1. The third kappa shape index (κ3) is 6.13. The van der Waals surface area contributed by atoms with Crippen LogP contribution in [0.15, 0.2) is 17.3 Å². The zero-order chi connectivity index (χ0) is 15.9. The van der Waals surface area contributed by atoms with Gasteiger partial charge >= 0.3 is 0 Å². The molecule has 0 aliphatic rings. The van der Waals surface area contributed by atoms with E-state index in [1.165, 1.54) is 17.1 Å². The van der Waals surface area contributed by atoms with Gasteiger partial charge in [-0.15, -0.1) is 0 Å². The van der Waals surface area contributed by atoms with Gasteiger partial charge in [-0.1, -0.05) is 0 Å². The van der Waals surface area contributed by atoms with Crippen LogP contribution in [0.4, 0.5) is 0 Å². The Bertz CT molecular complexity index is 513. The van der Waals surface area contributed by atoms with Crippen LogP contribution in [0.5, 0.6) is 0 Å². The van der Waals surface area contributed by atoms with E-state index in [9.17, 15) is 8.42 Å². The molecule has 0 spiro atoms. The summed E-state index contributed by atoms with van der Waals surface area (Å²) in [5, 5.41) is 12.7. The van der Waals surface area contributed by atoms with Gasteiger partial charge in [0.25, 0.3) is 0 Å². The molecule has 8 heteroatoms. The molecule has 0 unspecified atom stereocenters. The van der Waals surface area contributed by atoms with Crippen molar-refractivity contribution < 1.29 is 13.5 Å². The van der Waals surface area contributed by atoms with Gasteiger partial charge in [-0.3, -0.25) is 4.68 Å². The van der Waals surface area contributed by atoms with Crippen molar-refractivity contribution in [3.8, 4) is 0 Å². The Morgan fingerprint density at radius 2 is 2.14 bits per heavy atom. The van der Waals surface area contributed by atoms with E-state index in [0.29, 0.717) is 25.6 Å². The molecule has 0 aliphatic heterocycles. The highest BCUT2D eigenvalue weighted by Crippen LogP contribution is 2.07. The largest absolute Gasteiger partial charge is 0.396 e. The molecule has 0 amide bonds. The van der Waals surface area contributed by atoms with Gasteiger partial charge in [0.05, 0.1) is 6.20 Å². The Labute approximate surface area is 127 Å². The molecule has 2 N–H and O–H groups in total. The molecule has 1 aromatic rings. The molecule has 0 saturated carbocycles. The summed E-state index contributed by atoms with van der Waals surface area (Å²) in [5.41, 5.74) is 0. The van der Waals surface area contributed by atoms with E-state index in [1.807, 2.05) is 7.05 Å².